The second-order valence-corrected chi connectivity index (χ2v) is 3.48. The van der Waals surface area contributed by atoms with E-state index in [0.29, 0.717) is 0 Å². The van der Waals surface area contributed by atoms with Crippen LogP contribution in [-0.4, -0.2) is 17.0 Å². The van der Waals surface area contributed by atoms with E-state index in [2.05, 4.69) is 15.3 Å². The molecule has 5 heteroatoms. The minimum absolute atomic E-state index is 0.283. The molecule has 2 aromatic rings. The number of anilines is 1. The fraction of sp³-hybridized carbons (Fsp3) is 0.143. The van der Waals surface area contributed by atoms with E-state index in [9.17, 15) is 0 Å². The lowest BCUT2D eigenvalue weighted by molar-refractivity contribution is 1.22. The molecule has 0 fully saturated rings. The molecule has 2 aromatic heterocycles. The Morgan fingerprint density at radius 3 is 3.08 bits per heavy atom. The topological polar surface area (TPSA) is 37.8 Å². The Bertz CT molecular complexity index is 412. The van der Waals surface area contributed by atoms with Gasteiger partial charge in [-0.15, -0.1) is 11.3 Å². The SMILES string of the molecule is CNc1nc(Cl)nc2ccsc12. The van der Waals surface area contributed by atoms with E-state index in [1.165, 1.54) is 0 Å². The van der Waals surface area contributed by atoms with Crippen LogP contribution in [-0.2, 0) is 0 Å². The molecule has 0 saturated heterocycles. The molecule has 3 nitrogen and oxygen atoms in total. The fourth-order valence-electron chi connectivity index (χ4n) is 1.00. The number of hydrogen-bond donors (Lipinski definition) is 1. The summed E-state index contributed by atoms with van der Waals surface area (Å²) in [5, 5.41) is 5.22. The molecule has 62 valence electrons. The van der Waals surface area contributed by atoms with Gasteiger partial charge in [-0.25, -0.2) is 4.98 Å². The van der Waals surface area contributed by atoms with Crippen LogP contribution in [0.3, 0.4) is 0 Å². The highest BCUT2D eigenvalue weighted by Crippen LogP contribution is 2.26. The lowest BCUT2D eigenvalue weighted by Gasteiger charge is -1.99. The highest BCUT2D eigenvalue weighted by Gasteiger charge is 2.05. The van der Waals surface area contributed by atoms with Crippen LogP contribution in [0, 0.1) is 0 Å². The molecule has 12 heavy (non-hydrogen) atoms. The van der Waals surface area contributed by atoms with Gasteiger partial charge in [-0.05, 0) is 23.0 Å². The lowest BCUT2D eigenvalue weighted by atomic mass is 10.4. The van der Waals surface area contributed by atoms with Crippen molar-refractivity contribution in [3.05, 3.63) is 16.7 Å². The molecular weight excluding hydrogens is 194 g/mol. The van der Waals surface area contributed by atoms with Crippen LogP contribution in [0.5, 0.6) is 0 Å². The van der Waals surface area contributed by atoms with Gasteiger partial charge in [0.15, 0.2) is 0 Å². The van der Waals surface area contributed by atoms with E-state index in [4.69, 9.17) is 11.6 Å². The average molecular weight is 200 g/mol. The molecule has 0 unspecified atom stereocenters. The van der Waals surface area contributed by atoms with E-state index < -0.39 is 0 Å². The van der Waals surface area contributed by atoms with Crippen molar-refractivity contribution in [2.24, 2.45) is 0 Å². The summed E-state index contributed by atoms with van der Waals surface area (Å²) in [5.74, 6) is 0.792. The molecule has 1 N–H and O–H groups in total. The minimum Gasteiger partial charge on any atom is -0.372 e. The van der Waals surface area contributed by atoms with E-state index >= 15 is 0 Å². The third-order valence-corrected chi connectivity index (χ3v) is 2.59. The van der Waals surface area contributed by atoms with Gasteiger partial charge in [-0.1, -0.05) is 0 Å². The van der Waals surface area contributed by atoms with Crippen LogP contribution in [0.25, 0.3) is 10.2 Å². The molecule has 0 aliphatic rings. The fourth-order valence-corrected chi connectivity index (χ4v) is 2.01. The number of rotatable bonds is 1. The molecule has 0 radical (unpaired) electrons. The summed E-state index contributed by atoms with van der Waals surface area (Å²) in [4.78, 5) is 8.11. The van der Waals surface area contributed by atoms with E-state index in [-0.39, 0.29) is 5.28 Å². The van der Waals surface area contributed by atoms with E-state index in [1.54, 1.807) is 11.3 Å². The average Bonchev–Trinajstić information content (AvgIpc) is 2.50. The number of nitrogens with one attached hydrogen (secondary N) is 1. The summed E-state index contributed by atoms with van der Waals surface area (Å²) in [5.41, 5.74) is 0.893. The van der Waals surface area contributed by atoms with Gasteiger partial charge in [0.2, 0.25) is 5.28 Å². The van der Waals surface area contributed by atoms with Crippen LogP contribution in [0.2, 0.25) is 5.28 Å². The van der Waals surface area contributed by atoms with Crippen LogP contribution in [0.15, 0.2) is 11.4 Å². The summed E-state index contributed by atoms with van der Waals surface area (Å²) >= 11 is 7.30. The van der Waals surface area contributed by atoms with Crippen molar-refractivity contribution in [1.82, 2.24) is 9.97 Å². The normalized spacial score (nSPS) is 10.5. The summed E-state index contributed by atoms with van der Waals surface area (Å²) < 4.78 is 1.04. The molecule has 2 rings (SSSR count). The first kappa shape index (κ1) is 7.76. The van der Waals surface area contributed by atoms with Crippen molar-refractivity contribution in [1.29, 1.82) is 0 Å². The number of nitrogens with zero attached hydrogens (tertiary/aromatic N) is 2. The number of aromatic nitrogens is 2. The van der Waals surface area contributed by atoms with Gasteiger partial charge in [-0.3, -0.25) is 0 Å². The minimum atomic E-state index is 0.283. The monoisotopic (exact) mass is 199 g/mol. The van der Waals surface area contributed by atoms with Gasteiger partial charge in [0.25, 0.3) is 0 Å². The third kappa shape index (κ3) is 1.13. The van der Waals surface area contributed by atoms with Gasteiger partial charge < -0.3 is 5.32 Å². The Balaban J connectivity index is 2.80. The van der Waals surface area contributed by atoms with Crippen molar-refractivity contribution < 1.29 is 0 Å². The quantitative estimate of drug-likeness (QED) is 0.717. The number of fused-ring (bicyclic) bond motifs is 1. The molecule has 2 heterocycles. The second-order valence-electron chi connectivity index (χ2n) is 2.23. The number of hydrogen-bond acceptors (Lipinski definition) is 4. The van der Waals surface area contributed by atoms with Crippen LogP contribution in [0.1, 0.15) is 0 Å². The second kappa shape index (κ2) is 2.88. The molecule has 0 aliphatic carbocycles. The zero-order valence-electron chi connectivity index (χ0n) is 6.34. The van der Waals surface area contributed by atoms with Gasteiger partial charge >= 0.3 is 0 Å². The highest BCUT2D eigenvalue weighted by molar-refractivity contribution is 7.17. The zero-order valence-corrected chi connectivity index (χ0v) is 7.91. The van der Waals surface area contributed by atoms with E-state index in [0.717, 1.165) is 16.0 Å². The Hall–Kier alpha value is -0.870. The molecule has 0 atom stereocenters. The standard InChI is InChI=1S/C7H6ClN3S/c1-9-6-5-4(2-3-12-5)10-7(8)11-6/h2-3H,1H3,(H,9,10,11). The summed E-state index contributed by atoms with van der Waals surface area (Å²) in [6.07, 6.45) is 0. The van der Waals surface area contributed by atoms with Crippen molar-refractivity contribution in [2.75, 3.05) is 12.4 Å². The first-order chi connectivity index (χ1) is 5.81. The molecule has 0 aliphatic heterocycles. The summed E-state index contributed by atoms with van der Waals surface area (Å²) in [6, 6.07) is 1.92. The largest absolute Gasteiger partial charge is 0.372 e. The first-order valence-corrected chi connectivity index (χ1v) is 4.65. The predicted molar refractivity (Wildman–Crippen MR) is 52.0 cm³/mol. The van der Waals surface area contributed by atoms with Crippen LogP contribution < -0.4 is 5.32 Å². The highest BCUT2D eigenvalue weighted by atomic mass is 35.5. The van der Waals surface area contributed by atoms with Crippen LogP contribution >= 0.6 is 22.9 Å². The van der Waals surface area contributed by atoms with Gasteiger partial charge in [0.1, 0.15) is 5.82 Å². The van der Waals surface area contributed by atoms with Gasteiger partial charge in [0.05, 0.1) is 10.2 Å². The van der Waals surface area contributed by atoms with Crippen molar-refractivity contribution in [2.45, 2.75) is 0 Å². The summed E-state index contributed by atoms with van der Waals surface area (Å²) in [7, 11) is 1.82. The van der Waals surface area contributed by atoms with Crippen molar-refractivity contribution in [3.8, 4) is 0 Å². The van der Waals surface area contributed by atoms with Crippen molar-refractivity contribution in [3.63, 3.8) is 0 Å². The van der Waals surface area contributed by atoms with Crippen LogP contribution in [0.4, 0.5) is 5.82 Å². The smallest absolute Gasteiger partial charge is 0.224 e. The number of thiophene rings is 1. The molecule has 0 saturated carbocycles. The molecule has 0 aromatic carbocycles. The Morgan fingerprint density at radius 2 is 2.33 bits per heavy atom. The Morgan fingerprint density at radius 1 is 1.50 bits per heavy atom. The third-order valence-electron chi connectivity index (χ3n) is 1.51. The van der Waals surface area contributed by atoms with Gasteiger partial charge in [-0.2, -0.15) is 4.98 Å². The maximum Gasteiger partial charge on any atom is 0.224 e. The first-order valence-electron chi connectivity index (χ1n) is 3.40. The molecular formula is C7H6ClN3S. The van der Waals surface area contributed by atoms with Gasteiger partial charge in [0, 0.05) is 7.05 Å². The maximum atomic E-state index is 5.70. The molecule has 0 spiro atoms. The number of halogens is 1. The lowest BCUT2D eigenvalue weighted by Crippen LogP contribution is -1.93. The Labute approximate surface area is 78.4 Å². The predicted octanol–water partition coefficient (Wildman–Crippen LogP) is 2.39. The Kier molecular flexibility index (Phi) is 1.86. The summed E-state index contributed by atoms with van der Waals surface area (Å²) in [6.45, 7) is 0. The van der Waals surface area contributed by atoms with Crippen molar-refractivity contribution >= 4 is 39.0 Å². The van der Waals surface area contributed by atoms with E-state index in [1.807, 2.05) is 18.5 Å². The molecule has 0 amide bonds. The maximum absolute atomic E-state index is 5.70. The zero-order chi connectivity index (χ0) is 8.55. The molecule has 0 bridgehead atoms.